The van der Waals surface area contributed by atoms with Crippen molar-refractivity contribution < 1.29 is 14.3 Å². The molecular formula is C17H26N2O3. The molecule has 0 bridgehead atoms. The summed E-state index contributed by atoms with van der Waals surface area (Å²) < 4.78 is 11.4. The maximum Gasteiger partial charge on any atom is 0.224 e. The van der Waals surface area contributed by atoms with Crippen LogP contribution in [-0.2, 0) is 16.1 Å². The van der Waals surface area contributed by atoms with E-state index in [-0.39, 0.29) is 17.9 Å². The average Bonchev–Trinajstić information content (AvgIpc) is 2.99. The van der Waals surface area contributed by atoms with Gasteiger partial charge in [-0.1, -0.05) is 19.1 Å². The summed E-state index contributed by atoms with van der Waals surface area (Å²) in [7, 11) is 1.85. The molecule has 0 radical (unpaired) electrons. The van der Waals surface area contributed by atoms with Crippen LogP contribution in [0.15, 0.2) is 18.2 Å². The molecule has 1 amide bonds. The number of carbonyl (C=O) groups is 1. The Morgan fingerprint density at radius 1 is 1.50 bits per heavy atom. The first-order chi connectivity index (χ1) is 10.6. The molecule has 1 aliphatic rings. The van der Waals surface area contributed by atoms with Crippen LogP contribution in [0, 0.1) is 12.8 Å². The third-order valence-electron chi connectivity index (χ3n) is 3.82. The van der Waals surface area contributed by atoms with E-state index in [4.69, 9.17) is 9.47 Å². The predicted octanol–water partition coefficient (Wildman–Crippen LogP) is 1.63. The Bertz CT molecular complexity index is 499. The van der Waals surface area contributed by atoms with E-state index in [0.717, 1.165) is 29.9 Å². The van der Waals surface area contributed by atoms with Crippen LogP contribution in [0.1, 0.15) is 24.5 Å². The molecule has 1 aromatic rings. The fraction of sp³-hybridized carbons (Fsp3) is 0.588. The molecule has 122 valence electrons. The summed E-state index contributed by atoms with van der Waals surface area (Å²) in [5.74, 6) is 0.838. The minimum Gasteiger partial charge on any atom is -0.488 e. The highest BCUT2D eigenvalue weighted by Gasteiger charge is 2.19. The largest absolute Gasteiger partial charge is 0.488 e. The van der Waals surface area contributed by atoms with Gasteiger partial charge in [0.2, 0.25) is 5.91 Å². The molecule has 1 fully saturated rings. The fourth-order valence-corrected chi connectivity index (χ4v) is 2.46. The predicted molar refractivity (Wildman–Crippen MR) is 86.0 cm³/mol. The third-order valence-corrected chi connectivity index (χ3v) is 3.82. The van der Waals surface area contributed by atoms with Crippen molar-refractivity contribution in [2.24, 2.45) is 5.92 Å². The number of nitrogens with one attached hydrogen (secondary N) is 2. The molecule has 5 nitrogen and oxygen atoms in total. The minimum absolute atomic E-state index is 0.0464. The van der Waals surface area contributed by atoms with Gasteiger partial charge in [0.25, 0.3) is 0 Å². The Morgan fingerprint density at radius 2 is 2.32 bits per heavy atom. The molecule has 5 heteroatoms. The van der Waals surface area contributed by atoms with Crippen molar-refractivity contribution in [3.05, 3.63) is 29.3 Å². The summed E-state index contributed by atoms with van der Waals surface area (Å²) in [5.41, 5.74) is 2.15. The molecule has 0 aromatic heterocycles. The van der Waals surface area contributed by atoms with Crippen LogP contribution in [0.25, 0.3) is 0 Å². The van der Waals surface area contributed by atoms with Crippen molar-refractivity contribution in [2.45, 2.75) is 32.9 Å². The minimum atomic E-state index is -0.0527. The van der Waals surface area contributed by atoms with Crippen molar-refractivity contribution >= 4 is 5.91 Å². The van der Waals surface area contributed by atoms with Gasteiger partial charge in [0.15, 0.2) is 0 Å². The van der Waals surface area contributed by atoms with Gasteiger partial charge < -0.3 is 20.1 Å². The monoisotopic (exact) mass is 306 g/mol. The van der Waals surface area contributed by atoms with Crippen molar-refractivity contribution in [3.63, 3.8) is 0 Å². The van der Waals surface area contributed by atoms with Gasteiger partial charge in [-0.05, 0) is 25.6 Å². The van der Waals surface area contributed by atoms with Crippen LogP contribution < -0.4 is 15.4 Å². The third kappa shape index (κ3) is 4.71. The second-order valence-corrected chi connectivity index (χ2v) is 5.89. The summed E-state index contributed by atoms with van der Waals surface area (Å²) in [4.78, 5) is 12.0. The molecule has 1 saturated heterocycles. The van der Waals surface area contributed by atoms with Gasteiger partial charge in [-0.15, -0.1) is 0 Å². The van der Waals surface area contributed by atoms with Crippen LogP contribution in [0.4, 0.5) is 0 Å². The van der Waals surface area contributed by atoms with Crippen LogP contribution in [-0.4, -0.2) is 38.8 Å². The van der Waals surface area contributed by atoms with E-state index in [9.17, 15) is 4.79 Å². The zero-order chi connectivity index (χ0) is 15.9. The quantitative estimate of drug-likeness (QED) is 0.804. The fourth-order valence-electron chi connectivity index (χ4n) is 2.46. The summed E-state index contributed by atoms with van der Waals surface area (Å²) in [5, 5.41) is 5.99. The van der Waals surface area contributed by atoms with E-state index in [2.05, 4.69) is 10.6 Å². The first-order valence-electron chi connectivity index (χ1n) is 7.86. The highest BCUT2D eigenvalue weighted by atomic mass is 16.5. The Morgan fingerprint density at radius 3 is 3.00 bits per heavy atom. The van der Waals surface area contributed by atoms with Gasteiger partial charge in [-0.2, -0.15) is 0 Å². The summed E-state index contributed by atoms with van der Waals surface area (Å²) in [6, 6.07) is 6.08. The van der Waals surface area contributed by atoms with Crippen LogP contribution >= 0.6 is 0 Å². The molecule has 0 aliphatic carbocycles. The lowest BCUT2D eigenvalue weighted by Gasteiger charge is -2.17. The van der Waals surface area contributed by atoms with Gasteiger partial charge in [-0.3, -0.25) is 4.79 Å². The number of rotatable bonds is 7. The Balaban J connectivity index is 1.98. The van der Waals surface area contributed by atoms with Gasteiger partial charge in [0.05, 0.1) is 13.2 Å². The van der Waals surface area contributed by atoms with Crippen LogP contribution in [0.3, 0.4) is 0 Å². The lowest BCUT2D eigenvalue weighted by Crippen LogP contribution is -2.34. The number of benzene rings is 1. The highest BCUT2D eigenvalue weighted by Crippen LogP contribution is 2.23. The van der Waals surface area contributed by atoms with Crippen molar-refractivity contribution in [3.8, 4) is 5.75 Å². The molecule has 2 atom stereocenters. The Labute approximate surface area is 132 Å². The molecule has 1 aromatic carbocycles. The maximum atomic E-state index is 12.0. The molecule has 2 rings (SSSR count). The lowest BCUT2D eigenvalue weighted by molar-refractivity contribution is -0.124. The Hall–Kier alpha value is -1.59. The standard InChI is InChI=1S/C17H26N2O3/c1-12-4-5-14(10-19-17(20)13(2)9-18-3)16(8-12)22-15-6-7-21-11-15/h4-5,8,13,15,18H,6-7,9-11H2,1-3H3,(H,19,20). The number of carbonyl (C=O) groups excluding carboxylic acids is 1. The molecule has 0 saturated carbocycles. The first-order valence-corrected chi connectivity index (χ1v) is 7.86. The van der Waals surface area contributed by atoms with Gasteiger partial charge >= 0.3 is 0 Å². The zero-order valence-electron chi connectivity index (χ0n) is 13.6. The summed E-state index contributed by atoms with van der Waals surface area (Å²) in [6.45, 7) is 6.49. The molecule has 1 heterocycles. The number of amides is 1. The normalized spacial score (nSPS) is 19.0. The van der Waals surface area contributed by atoms with Crippen molar-refractivity contribution in [1.82, 2.24) is 10.6 Å². The van der Waals surface area contributed by atoms with Gasteiger partial charge in [-0.25, -0.2) is 0 Å². The highest BCUT2D eigenvalue weighted by molar-refractivity contribution is 5.78. The number of ether oxygens (including phenoxy) is 2. The van der Waals surface area contributed by atoms with E-state index in [0.29, 0.717) is 19.7 Å². The summed E-state index contributed by atoms with van der Waals surface area (Å²) in [6.07, 6.45) is 1.03. The zero-order valence-corrected chi connectivity index (χ0v) is 13.6. The lowest BCUT2D eigenvalue weighted by atomic mass is 10.1. The number of hydrogen-bond donors (Lipinski definition) is 2. The van der Waals surface area contributed by atoms with E-state index < -0.39 is 0 Å². The average molecular weight is 306 g/mol. The first kappa shape index (κ1) is 16.8. The molecular weight excluding hydrogens is 280 g/mol. The smallest absolute Gasteiger partial charge is 0.224 e. The SMILES string of the molecule is CNCC(C)C(=O)NCc1ccc(C)cc1OC1CCOC1. The van der Waals surface area contributed by atoms with E-state index in [1.54, 1.807) is 0 Å². The number of aryl methyl sites for hydroxylation is 1. The Kier molecular flexibility index (Phi) is 6.21. The van der Waals surface area contributed by atoms with E-state index >= 15 is 0 Å². The molecule has 2 unspecified atom stereocenters. The molecule has 0 spiro atoms. The summed E-state index contributed by atoms with van der Waals surface area (Å²) >= 11 is 0. The van der Waals surface area contributed by atoms with Crippen molar-refractivity contribution in [1.29, 1.82) is 0 Å². The van der Waals surface area contributed by atoms with Crippen molar-refractivity contribution in [2.75, 3.05) is 26.8 Å². The molecule has 1 aliphatic heterocycles. The number of hydrogen-bond acceptors (Lipinski definition) is 4. The van der Waals surface area contributed by atoms with Crippen LogP contribution in [0.2, 0.25) is 0 Å². The second kappa shape index (κ2) is 8.15. The second-order valence-electron chi connectivity index (χ2n) is 5.89. The molecule has 22 heavy (non-hydrogen) atoms. The molecule has 2 N–H and O–H groups in total. The van der Waals surface area contributed by atoms with E-state index in [1.165, 1.54) is 0 Å². The van der Waals surface area contributed by atoms with E-state index in [1.807, 2.05) is 39.1 Å². The van der Waals surface area contributed by atoms with Gasteiger partial charge in [0.1, 0.15) is 11.9 Å². The maximum absolute atomic E-state index is 12.0. The topological polar surface area (TPSA) is 59.6 Å². The van der Waals surface area contributed by atoms with Crippen LogP contribution in [0.5, 0.6) is 5.75 Å². The van der Waals surface area contributed by atoms with Gasteiger partial charge in [0, 0.05) is 31.0 Å².